The average Bonchev–Trinajstić information content (AvgIpc) is 2.81. The van der Waals surface area contributed by atoms with Crippen LogP contribution in [0.3, 0.4) is 0 Å². The van der Waals surface area contributed by atoms with Gasteiger partial charge in [0, 0.05) is 13.1 Å². The Hall–Kier alpha value is -1.67. The summed E-state index contributed by atoms with van der Waals surface area (Å²) < 4.78 is 31.8. The summed E-state index contributed by atoms with van der Waals surface area (Å²) in [4.78, 5) is 18.0. The van der Waals surface area contributed by atoms with Gasteiger partial charge in [0.25, 0.3) is 0 Å². The largest absolute Gasteiger partial charge is 0.514 e. The van der Waals surface area contributed by atoms with E-state index in [-0.39, 0.29) is 12.0 Å². The van der Waals surface area contributed by atoms with E-state index in [1.807, 2.05) is 54.5 Å². The zero-order valence-corrected chi connectivity index (χ0v) is 18.5. The fourth-order valence-corrected chi connectivity index (χ4v) is 3.58. The second-order valence-electron chi connectivity index (χ2n) is 9.98. The van der Waals surface area contributed by atoms with E-state index in [4.69, 9.17) is 14.0 Å². The highest BCUT2D eigenvalue weighted by Gasteiger charge is 2.52. The van der Waals surface area contributed by atoms with Gasteiger partial charge in [0.2, 0.25) is 5.95 Å². The first-order valence-corrected chi connectivity index (χ1v) is 10.3. The van der Waals surface area contributed by atoms with Crippen molar-refractivity contribution in [3.8, 4) is 0 Å². The fraction of sp³-hybridized carbons (Fsp3) is 0.714. The summed E-state index contributed by atoms with van der Waals surface area (Å²) in [6.07, 6.45) is 1.19. The van der Waals surface area contributed by atoms with E-state index >= 15 is 0 Å². The first-order chi connectivity index (χ1) is 13.3. The molecule has 1 aromatic heterocycles. The van der Waals surface area contributed by atoms with E-state index < -0.39 is 29.9 Å². The van der Waals surface area contributed by atoms with Gasteiger partial charge in [-0.2, -0.15) is 4.39 Å². The summed E-state index contributed by atoms with van der Waals surface area (Å²) in [5, 5.41) is 0. The third kappa shape index (κ3) is 4.91. The molecular formula is C21H32BFN2O4. The van der Waals surface area contributed by atoms with Gasteiger partial charge in [-0.3, -0.25) is 0 Å². The van der Waals surface area contributed by atoms with E-state index in [0.717, 1.165) is 18.4 Å². The normalized spacial score (nSPS) is 22.1. The standard InChI is InChI=1S/C21H32BFN2O4/c1-19(2,3)27-18(26)25-10-8-14(9-11-25)15-12-16(24-17(23)13-15)22-28-20(4,5)21(6,7)29-22/h12-14H,8-11H2,1-7H3. The number of pyridine rings is 1. The lowest BCUT2D eigenvalue weighted by Gasteiger charge is -2.33. The molecule has 0 N–H and O–H groups in total. The van der Waals surface area contributed by atoms with Gasteiger partial charge in [0.05, 0.1) is 16.8 Å². The lowest BCUT2D eigenvalue weighted by molar-refractivity contribution is 0.00578. The Kier molecular flexibility index (Phi) is 5.73. The smallest absolute Gasteiger partial charge is 0.444 e. The van der Waals surface area contributed by atoms with Crippen LogP contribution in [0.4, 0.5) is 9.18 Å². The van der Waals surface area contributed by atoms with Crippen LogP contribution >= 0.6 is 0 Å². The van der Waals surface area contributed by atoms with Crippen LogP contribution < -0.4 is 5.59 Å². The molecule has 160 valence electrons. The molecule has 2 aliphatic rings. The molecule has 0 unspecified atom stereocenters. The number of likely N-dealkylation sites (tertiary alicyclic amines) is 1. The number of hydrogen-bond acceptors (Lipinski definition) is 5. The van der Waals surface area contributed by atoms with Crippen molar-refractivity contribution in [3.05, 3.63) is 23.6 Å². The highest BCUT2D eigenvalue weighted by Crippen LogP contribution is 2.36. The highest BCUT2D eigenvalue weighted by atomic mass is 19.1. The molecule has 3 heterocycles. The number of nitrogens with zero attached hydrogens (tertiary/aromatic N) is 2. The number of carbonyl (C=O) groups excluding carboxylic acids is 1. The van der Waals surface area contributed by atoms with Crippen molar-refractivity contribution in [2.45, 2.75) is 84.0 Å². The number of halogens is 1. The summed E-state index contributed by atoms with van der Waals surface area (Å²) in [6.45, 7) is 14.6. The highest BCUT2D eigenvalue weighted by molar-refractivity contribution is 6.61. The molecule has 0 radical (unpaired) electrons. The molecule has 3 rings (SSSR count). The van der Waals surface area contributed by atoms with Crippen molar-refractivity contribution in [3.63, 3.8) is 0 Å². The van der Waals surface area contributed by atoms with Gasteiger partial charge in [-0.15, -0.1) is 0 Å². The number of piperidine rings is 1. The number of carbonyl (C=O) groups is 1. The minimum Gasteiger partial charge on any atom is -0.444 e. The van der Waals surface area contributed by atoms with Crippen LogP contribution in [0.1, 0.15) is 72.8 Å². The van der Waals surface area contributed by atoms with Crippen LogP contribution in [-0.4, -0.2) is 53.0 Å². The van der Waals surface area contributed by atoms with Gasteiger partial charge in [0.1, 0.15) is 5.60 Å². The van der Waals surface area contributed by atoms with Crippen molar-refractivity contribution in [2.24, 2.45) is 0 Å². The van der Waals surface area contributed by atoms with Crippen LogP contribution in [-0.2, 0) is 14.0 Å². The van der Waals surface area contributed by atoms with Gasteiger partial charge >= 0.3 is 13.2 Å². The number of aromatic nitrogens is 1. The minimum atomic E-state index is -0.698. The van der Waals surface area contributed by atoms with E-state index in [9.17, 15) is 9.18 Å². The molecule has 8 heteroatoms. The van der Waals surface area contributed by atoms with Crippen LogP contribution in [0.25, 0.3) is 0 Å². The van der Waals surface area contributed by atoms with Crippen molar-refractivity contribution in [1.82, 2.24) is 9.88 Å². The van der Waals surface area contributed by atoms with Gasteiger partial charge in [0.15, 0.2) is 0 Å². The predicted octanol–water partition coefficient (Wildman–Crippen LogP) is 3.63. The molecule has 1 amide bonds. The van der Waals surface area contributed by atoms with E-state index in [1.165, 1.54) is 6.07 Å². The van der Waals surface area contributed by atoms with Gasteiger partial charge in [-0.25, -0.2) is 9.78 Å². The number of rotatable bonds is 2. The Morgan fingerprint density at radius 3 is 2.24 bits per heavy atom. The quantitative estimate of drug-likeness (QED) is 0.555. The molecule has 0 aliphatic carbocycles. The average molecular weight is 406 g/mol. The Bertz CT molecular complexity index is 754. The molecule has 6 nitrogen and oxygen atoms in total. The molecule has 0 atom stereocenters. The maximum atomic E-state index is 14.3. The number of hydrogen-bond donors (Lipinski definition) is 0. The van der Waals surface area contributed by atoms with Crippen molar-refractivity contribution in [1.29, 1.82) is 0 Å². The molecule has 2 aliphatic heterocycles. The lowest BCUT2D eigenvalue weighted by atomic mass is 9.81. The fourth-order valence-electron chi connectivity index (χ4n) is 3.58. The molecule has 0 spiro atoms. The topological polar surface area (TPSA) is 60.9 Å². The zero-order chi connectivity index (χ0) is 21.6. The second kappa shape index (κ2) is 7.54. The summed E-state index contributed by atoms with van der Waals surface area (Å²) in [6, 6.07) is 3.35. The van der Waals surface area contributed by atoms with E-state index in [2.05, 4.69) is 4.98 Å². The Labute approximate surface area is 173 Å². The maximum Gasteiger partial charge on any atom is 0.514 e. The van der Waals surface area contributed by atoms with Gasteiger partial charge < -0.3 is 18.9 Å². The Morgan fingerprint density at radius 1 is 1.17 bits per heavy atom. The first kappa shape index (κ1) is 22.0. The minimum absolute atomic E-state index is 0.146. The van der Waals surface area contributed by atoms with Crippen LogP contribution in [0.5, 0.6) is 0 Å². The zero-order valence-electron chi connectivity index (χ0n) is 18.5. The molecule has 0 saturated carbocycles. The van der Waals surface area contributed by atoms with Crippen molar-refractivity contribution in [2.75, 3.05) is 13.1 Å². The summed E-state index contributed by atoms with van der Waals surface area (Å²) in [5.41, 5.74) is -0.214. The monoisotopic (exact) mass is 406 g/mol. The van der Waals surface area contributed by atoms with Crippen LogP contribution in [0.15, 0.2) is 12.1 Å². The van der Waals surface area contributed by atoms with Crippen LogP contribution in [0.2, 0.25) is 0 Å². The van der Waals surface area contributed by atoms with E-state index in [0.29, 0.717) is 18.7 Å². The van der Waals surface area contributed by atoms with E-state index in [1.54, 1.807) is 4.90 Å². The predicted molar refractivity (Wildman–Crippen MR) is 110 cm³/mol. The SMILES string of the molecule is CC(C)(C)OC(=O)N1CCC(c2cc(F)nc(B3OC(C)(C)C(C)(C)O3)c2)CC1. The molecule has 29 heavy (non-hydrogen) atoms. The molecule has 2 fully saturated rings. The molecule has 1 aromatic rings. The number of ether oxygens (including phenoxy) is 1. The maximum absolute atomic E-state index is 14.3. The second-order valence-corrected chi connectivity index (χ2v) is 9.98. The lowest BCUT2D eigenvalue weighted by Crippen LogP contribution is -2.41. The van der Waals surface area contributed by atoms with Crippen molar-refractivity contribution < 1.29 is 23.2 Å². The summed E-state index contributed by atoms with van der Waals surface area (Å²) in [5.74, 6) is -0.394. The van der Waals surface area contributed by atoms with Gasteiger partial charge in [-0.1, -0.05) is 0 Å². The first-order valence-electron chi connectivity index (χ1n) is 10.3. The third-order valence-corrected chi connectivity index (χ3v) is 5.95. The van der Waals surface area contributed by atoms with Crippen molar-refractivity contribution >= 4 is 18.8 Å². The summed E-state index contributed by atoms with van der Waals surface area (Å²) in [7, 11) is -0.698. The summed E-state index contributed by atoms with van der Waals surface area (Å²) >= 11 is 0. The molecule has 0 aromatic carbocycles. The molecular weight excluding hydrogens is 374 g/mol. The number of amides is 1. The Balaban J connectivity index is 1.70. The third-order valence-electron chi connectivity index (χ3n) is 5.95. The Morgan fingerprint density at radius 2 is 1.72 bits per heavy atom. The molecule has 2 saturated heterocycles. The molecule has 0 bridgehead atoms. The van der Waals surface area contributed by atoms with Gasteiger partial charge in [-0.05, 0) is 84.9 Å². The van der Waals surface area contributed by atoms with Crippen LogP contribution in [0, 0.1) is 5.95 Å².